The summed E-state index contributed by atoms with van der Waals surface area (Å²) in [5, 5.41) is 11.4. The molecule has 1 heterocycles. The number of ether oxygens (including phenoxy) is 1. The summed E-state index contributed by atoms with van der Waals surface area (Å²) in [5.74, 6) is -1.18. The standard InChI is InChI=1S/C15H18N2O4/c1-15(9-21-8-12(15)16)14(20)17-11-5-2-10(3-6-11)4-7-13(18)19/h2-7,12H,8-9,16H2,1H3,(H,17,20)(H,18,19)/b7-4+. The third-order valence-electron chi connectivity index (χ3n) is 3.62. The lowest BCUT2D eigenvalue weighted by Gasteiger charge is -2.25. The summed E-state index contributed by atoms with van der Waals surface area (Å²) in [6.45, 7) is 2.46. The maximum atomic E-state index is 12.3. The maximum Gasteiger partial charge on any atom is 0.328 e. The summed E-state index contributed by atoms with van der Waals surface area (Å²) >= 11 is 0. The monoisotopic (exact) mass is 290 g/mol. The van der Waals surface area contributed by atoms with Crippen LogP contribution in [0.4, 0.5) is 5.69 Å². The van der Waals surface area contributed by atoms with Crippen LogP contribution in [0.5, 0.6) is 0 Å². The van der Waals surface area contributed by atoms with Crippen LogP contribution in [0.3, 0.4) is 0 Å². The van der Waals surface area contributed by atoms with Gasteiger partial charge in [-0.25, -0.2) is 4.79 Å². The van der Waals surface area contributed by atoms with Crippen molar-refractivity contribution in [1.29, 1.82) is 0 Å². The summed E-state index contributed by atoms with van der Waals surface area (Å²) in [6.07, 6.45) is 2.54. The minimum Gasteiger partial charge on any atom is -0.478 e. The van der Waals surface area contributed by atoms with Crippen molar-refractivity contribution in [1.82, 2.24) is 0 Å². The summed E-state index contributed by atoms with van der Waals surface area (Å²) < 4.78 is 5.25. The van der Waals surface area contributed by atoms with Crippen molar-refractivity contribution in [2.24, 2.45) is 11.1 Å². The fraction of sp³-hybridized carbons (Fsp3) is 0.333. The summed E-state index contributed by atoms with van der Waals surface area (Å²) in [6, 6.07) is 6.55. The molecule has 1 fully saturated rings. The molecule has 0 spiro atoms. The summed E-state index contributed by atoms with van der Waals surface area (Å²) in [5.41, 5.74) is 6.55. The molecule has 6 nitrogen and oxygen atoms in total. The Hall–Kier alpha value is -2.18. The van der Waals surface area contributed by atoms with Gasteiger partial charge < -0.3 is 20.9 Å². The van der Waals surface area contributed by atoms with Gasteiger partial charge in [0.1, 0.15) is 0 Å². The van der Waals surface area contributed by atoms with Gasteiger partial charge in [0, 0.05) is 17.8 Å². The third-order valence-corrected chi connectivity index (χ3v) is 3.62. The first-order valence-corrected chi connectivity index (χ1v) is 6.58. The summed E-state index contributed by atoms with van der Waals surface area (Å²) in [7, 11) is 0. The van der Waals surface area contributed by atoms with Gasteiger partial charge in [-0.05, 0) is 30.7 Å². The average Bonchev–Trinajstić information content (AvgIpc) is 2.79. The van der Waals surface area contributed by atoms with Crippen LogP contribution >= 0.6 is 0 Å². The number of hydrogen-bond donors (Lipinski definition) is 3. The number of hydrogen-bond acceptors (Lipinski definition) is 4. The van der Waals surface area contributed by atoms with Crippen molar-refractivity contribution in [2.45, 2.75) is 13.0 Å². The Bertz CT molecular complexity index is 568. The molecular formula is C15H18N2O4. The van der Waals surface area contributed by atoms with Crippen molar-refractivity contribution in [3.05, 3.63) is 35.9 Å². The minimum atomic E-state index is -1.00. The molecule has 1 aromatic carbocycles. The van der Waals surface area contributed by atoms with Crippen molar-refractivity contribution in [2.75, 3.05) is 18.5 Å². The second-order valence-electron chi connectivity index (χ2n) is 5.29. The highest BCUT2D eigenvalue weighted by atomic mass is 16.5. The number of nitrogens with two attached hydrogens (primary N) is 1. The van der Waals surface area contributed by atoms with Gasteiger partial charge in [-0.2, -0.15) is 0 Å². The molecule has 0 bridgehead atoms. The molecule has 4 N–H and O–H groups in total. The van der Waals surface area contributed by atoms with E-state index in [1.165, 1.54) is 6.08 Å². The van der Waals surface area contributed by atoms with E-state index in [1.807, 2.05) is 0 Å². The fourth-order valence-electron chi connectivity index (χ4n) is 2.04. The zero-order chi connectivity index (χ0) is 15.5. The number of carbonyl (C=O) groups excluding carboxylic acids is 1. The molecule has 1 aliphatic rings. The Morgan fingerprint density at radius 1 is 1.43 bits per heavy atom. The van der Waals surface area contributed by atoms with Crippen molar-refractivity contribution < 1.29 is 19.4 Å². The second kappa shape index (κ2) is 6.07. The van der Waals surface area contributed by atoms with Gasteiger partial charge in [-0.15, -0.1) is 0 Å². The molecule has 1 aromatic rings. The molecule has 0 saturated carbocycles. The Morgan fingerprint density at radius 3 is 2.62 bits per heavy atom. The molecule has 112 valence electrons. The van der Waals surface area contributed by atoms with Crippen molar-refractivity contribution >= 4 is 23.6 Å². The van der Waals surface area contributed by atoms with Crippen LogP contribution in [-0.4, -0.2) is 36.2 Å². The quantitative estimate of drug-likeness (QED) is 0.720. The van der Waals surface area contributed by atoms with E-state index in [2.05, 4.69) is 5.32 Å². The number of carbonyl (C=O) groups is 2. The normalized spacial score (nSPS) is 25.1. The number of carboxylic acids is 1. The molecule has 0 radical (unpaired) electrons. The molecular weight excluding hydrogens is 272 g/mol. The zero-order valence-electron chi connectivity index (χ0n) is 11.7. The molecule has 1 amide bonds. The number of anilines is 1. The SMILES string of the molecule is CC1(C(=O)Nc2ccc(/C=C/C(=O)O)cc2)COCC1N. The molecule has 6 heteroatoms. The fourth-order valence-corrected chi connectivity index (χ4v) is 2.04. The van der Waals surface area contributed by atoms with Crippen LogP contribution in [0.2, 0.25) is 0 Å². The Labute approximate surface area is 122 Å². The van der Waals surface area contributed by atoms with Gasteiger partial charge >= 0.3 is 5.97 Å². The number of amides is 1. The highest BCUT2D eigenvalue weighted by Gasteiger charge is 2.44. The molecule has 2 rings (SSSR count). The van der Waals surface area contributed by atoms with E-state index >= 15 is 0 Å². The molecule has 1 saturated heterocycles. The number of benzene rings is 1. The largest absolute Gasteiger partial charge is 0.478 e. The first kappa shape index (κ1) is 15.2. The number of carboxylic acid groups (broad SMARTS) is 1. The van der Waals surface area contributed by atoms with Gasteiger partial charge in [0.2, 0.25) is 5.91 Å². The van der Waals surface area contributed by atoms with E-state index in [9.17, 15) is 9.59 Å². The number of rotatable bonds is 4. The second-order valence-corrected chi connectivity index (χ2v) is 5.29. The lowest BCUT2D eigenvalue weighted by Crippen LogP contribution is -2.47. The van der Waals surface area contributed by atoms with Crippen molar-refractivity contribution in [3.8, 4) is 0 Å². The van der Waals surface area contributed by atoms with E-state index in [0.29, 0.717) is 18.9 Å². The van der Waals surface area contributed by atoms with Crippen LogP contribution < -0.4 is 11.1 Å². The predicted molar refractivity (Wildman–Crippen MR) is 78.6 cm³/mol. The first-order valence-electron chi connectivity index (χ1n) is 6.58. The van der Waals surface area contributed by atoms with Crippen molar-refractivity contribution in [3.63, 3.8) is 0 Å². The minimum absolute atomic E-state index is 0.179. The van der Waals surface area contributed by atoms with Gasteiger partial charge in [-0.3, -0.25) is 4.79 Å². The third kappa shape index (κ3) is 3.48. The smallest absolute Gasteiger partial charge is 0.328 e. The van der Waals surface area contributed by atoms with E-state index in [-0.39, 0.29) is 11.9 Å². The van der Waals surface area contributed by atoms with Crippen LogP contribution in [0.25, 0.3) is 6.08 Å². The van der Waals surface area contributed by atoms with Gasteiger partial charge in [0.25, 0.3) is 0 Å². The van der Waals surface area contributed by atoms with E-state index < -0.39 is 11.4 Å². The van der Waals surface area contributed by atoms with Crippen LogP contribution in [0.15, 0.2) is 30.3 Å². The average molecular weight is 290 g/mol. The van der Waals surface area contributed by atoms with E-state index in [4.69, 9.17) is 15.6 Å². The highest BCUT2D eigenvalue weighted by Crippen LogP contribution is 2.28. The zero-order valence-corrected chi connectivity index (χ0v) is 11.7. The van der Waals surface area contributed by atoms with Crippen LogP contribution in [0, 0.1) is 5.41 Å². The van der Waals surface area contributed by atoms with E-state index in [1.54, 1.807) is 31.2 Å². The topological polar surface area (TPSA) is 102 Å². The highest BCUT2D eigenvalue weighted by molar-refractivity contribution is 5.96. The summed E-state index contributed by atoms with van der Waals surface area (Å²) in [4.78, 5) is 22.7. The maximum absolute atomic E-state index is 12.3. The number of aliphatic carboxylic acids is 1. The molecule has 2 unspecified atom stereocenters. The van der Waals surface area contributed by atoms with Gasteiger partial charge in [0.05, 0.1) is 18.6 Å². The first-order chi connectivity index (χ1) is 9.91. The molecule has 0 aliphatic carbocycles. The predicted octanol–water partition coefficient (Wildman–Crippen LogP) is 1.09. The Morgan fingerprint density at radius 2 is 2.10 bits per heavy atom. The molecule has 0 aromatic heterocycles. The lowest BCUT2D eigenvalue weighted by molar-refractivity contribution is -0.131. The molecule has 1 aliphatic heterocycles. The van der Waals surface area contributed by atoms with Crippen LogP contribution in [-0.2, 0) is 14.3 Å². The lowest BCUT2D eigenvalue weighted by atomic mass is 9.85. The molecule has 21 heavy (non-hydrogen) atoms. The van der Waals surface area contributed by atoms with E-state index in [0.717, 1.165) is 11.6 Å². The molecule has 2 atom stereocenters. The van der Waals surface area contributed by atoms with Gasteiger partial charge in [-0.1, -0.05) is 12.1 Å². The number of nitrogens with one attached hydrogen (secondary N) is 1. The van der Waals surface area contributed by atoms with Crippen LogP contribution in [0.1, 0.15) is 12.5 Å². The Kier molecular flexibility index (Phi) is 4.40. The van der Waals surface area contributed by atoms with Gasteiger partial charge in [0.15, 0.2) is 0 Å². The Balaban J connectivity index is 2.03.